The number of aryl methyl sites for hydroxylation is 2. The summed E-state index contributed by atoms with van der Waals surface area (Å²) < 4.78 is 13.1. The van der Waals surface area contributed by atoms with Crippen LogP contribution in [0.3, 0.4) is 0 Å². The Hall–Kier alpha value is -2.69. The van der Waals surface area contributed by atoms with Crippen molar-refractivity contribution in [2.45, 2.75) is 32.1 Å². The first kappa shape index (κ1) is 17.7. The highest BCUT2D eigenvalue weighted by atomic mass is 19.1. The van der Waals surface area contributed by atoms with Gasteiger partial charge in [-0.1, -0.05) is 6.07 Å². The molecule has 2 amide bonds. The van der Waals surface area contributed by atoms with E-state index in [1.54, 1.807) is 4.90 Å². The summed E-state index contributed by atoms with van der Waals surface area (Å²) in [6.07, 6.45) is 4.92. The van der Waals surface area contributed by atoms with Crippen LogP contribution in [0.15, 0.2) is 42.5 Å². The van der Waals surface area contributed by atoms with Gasteiger partial charge >= 0.3 is 0 Å². The standard InChI is InChI=1S/C22H23FN2O2/c23-19-9-6-16(7-10-19)22(27)25-12-2-5-18(14-25)21(26)24-20-11-8-15-3-1-4-17(15)13-20/h6-11,13,18H,1-5,12,14H2,(H,24,26)/t18-/m1/s1. The summed E-state index contributed by atoms with van der Waals surface area (Å²) in [6, 6.07) is 11.7. The summed E-state index contributed by atoms with van der Waals surface area (Å²) in [7, 11) is 0. The van der Waals surface area contributed by atoms with E-state index in [0.717, 1.165) is 31.4 Å². The number of carbonyl (C=O) groups excluding carboxylic acids is 2. The number of carbonyl (C=O) groups is 2. The molecule has 1 saturated heterocycles. The van der Waals surface area contributed by atoms with Crippen molar-refractivity contribution < 1.29 is 14.0 Å². The van der Waals surface area contributed by atoms with E-state index < -0.39 is 0 Å². The van der Waals surface area contributed by atoms with Crippen molar-refractivity contribution in [3.63, 3.8) is 0 Å². The monoisotopic (exact) mass is 366 g/mol. The Labute approximate surface area is 158 Å². The summed E-state index contributed by atoms with van der Waals surface area (Å²) in [5, 5.41) is 3.02. The largest absolute Gasteiger partial charge is 0.338 e. The Balaban J connectivity index is 1.40. The van der Waals surface area contributed by atoms with Gasteiger partial charge in [0.1, 0.15) is 5.82 Å². The van der Waals surface area contributed by atoms with E-state index in [9.17, 15) is 14.0 Å². The highest BCUT2D eigenvalue weighted by Crippen LogP contribution is 2.26. The maximum atomic E-state index is 13.1. The Bertz CT molecular complexity index is 863. The van der Waals surface area contributed by atoms with Gasteiger partial charge in [-0.25, -0.2) is 4.39 Å². The molecular weight excluding hydrogens is 343 g/mol. The highest BCUT2D eigenvalue weighted by Gasteiger charge is 2.29. The topological polar surface area (TPSA) is 49.4 Å². The molecule has 4 rings (SSSR count). The Morgan fingerprint density at radius 2 is 1.78 bits per heavy atom. The number of piperidine rings is 1. The first-order valence-corrected chi connectivity index (χ1v) is 9.57. The minimum Gasteiger partial charge on any atom is -0.338 e. The molecule has 1 aliphatic heterocycles. The van der Waals surface area contributed by atoms with E-state index in [1.807, 2.05) is 6.07 Å². The van der Waals surface area contributed by atoms with Gasteiger partial charge in [0.05, 0.1) is 5.92 Å². The van der Waals surface area contributed by atoms with Crippen LogP contribution in [0.4, 0.5) is 10.1 Å². The van der Waals surface area contributed by atoms with E-state index in [-0.39, 0.29) is 23.5 Å². The molecule has 5 heteroatoms. The molecule has 4 nitrogen and oxygen atoms in total. The van der Waals surface area contributed by atoms with E-state index in [0.29, 0.717) is 18.7 Å². The van der Waals surface area contributed by atoms with Crippen molar-refractivity contribution in [2.75, 3.05) is 18.4 Å². The summed E-state index contributed by atoms with van der Waals surface area (Å²) in [6.45, 7) is 1.02. The number of hydrogen-bond donors (Lipinski definition) is 1. The third kappa shape index (κ3) is 3.87. The van der Waals surface area contributed by atoms with Crippen LogP contribution in [0.5, 0.6) is 0 Å². The van der Waals surface area contributed by atoms with Crippen LogP contribution in [0.1, 0.15) is 40.7 Å². The van der Waals surface area contributed by atoms with Gasteiger partial charge in [0.15, 0.2) is 0 Å². The summed E-state index contributed by atoms with van der Waals surface area (Å²) in [4.78, 5) is 27.1. The normalized spacial score (nSPS) is 18.9. The second-order valence-electron chi connectivity index (χ2n) is 7.42. The SMILES string of the molecule is O=C(Nc1ccc2c(c1)CCC2)[C@@H]1CCCN(C(=O)c2ccc(F)cc2)C1. The minimum atomic E-state index is -0.364. The molecule has 0 radical (unpaired) electrons. The van der Waals surface area contributed by atoms with Crippen LogP contribution < -0.4 is 5.32 Å². The molecule has 1 atom stereocenters. The van der Waals surface area contributed by atoms with Crippen molar-refractivity contribution in [1.82, 2.24) is 4.90 Å². The van der Waals surface area contributed by atoms with E-state index in [2.05, 4.69) is 17.4 Å². The molecule has 1 heterocycles. The molecule has 1 N–H and O–H groups in total. The number of benzene rings is 2. The molecule has 27 heavy (non-hydrogen) atoms. The first-order chi connectivity index (χ1) is 13.1. The molecule has 2 aromatic rings. The average molecular weight is 366 g/mol. The molecule has 0 spiro atoms. The maximum absolute atomic E-state index is 13.1. The molecule has 0 saturated carbocycles. The predicted molar refractivity (Wildman–Crippen MR) is 102 cm³/mol. The molecule has 2 aromatic carbocycles. The Morgan fingerprint density at radius 1 is 1.00 bits per heavy atom. The quantitative estimate of drug-likeness (QED) is 0.898. The van der Waals surface area contributed by atoms with Crippen molar-refractivity contribution in [3.8, 4) is 0 Å². The van der Waals surface area contributed by atoms with Gasteiger partial charge in [0.2, 0.25) is 5.91 Å². The predicted octanol–water partition coefficient (Wildman–Crippen LogP) is 3.81. The van der Waals surface area contributed by atoms with Crippen LogP contribution in [0.25, 0.3) is 0 Å². The number of nitrogens with one attached hydrogen (secondary N) is 1. The number of amides is 2. The zero-order valence-electron chi connectivity index (χ0n) is 15.2. The highest BCUT2D eigenvalue weighted by molar-refractivity contribution is 5.96. The molecule has 1 aliphatic carbocycles. The van der Waals surface area contributed by atoms with Gasteiger partial charge in [-0.05, 0) is 79.6 Å². The minimum absolute atomic E-state index is 0.0375. The van der Waals surface area contributed by atoms with Crippen LogP contribution in [-0.4, -0.2) is 29.8 Å². The zero-order valence-corrected chi connectivity index (χ0v) is 15.2. The van der Waals surface area contributed by atoms with Crippen molar-refractivity contribution in [1.29, 1.82) is 0 Å². The summed E-state index contributed by atoms with van der Waals surface area (Å²) >= 11 is 0. The lowest BCUT2D eigenvalue weighted by Crippen LogP contribution is -2.43. The van der Waals surface area contributed by atoms with Gasteiger partial charge in [-0.3, -0.25) is 9.59 Å². The lowest BCUT2D eigenvalue weighted by molar-refractivity contribution is -0.121. The number of likely N-dealkylation sites (tertiary alicyclic amines) is 1. The fourth-order valence-corrected chi connectivity index (χ4v) is 4.04. The van der Waals surface area contributed by atoms with Crippen LogP contribution in [0.2, 0.25) is 0 Å². The van der Waals surface area contributed by atoms with Crippen LogP contribution in [-0.2, 0) is 17.6 Å². The summed E-state index contributed by atoms with van der Waals surface area (Å²) in [5.41, 5.74) is 3.99. The van der Waals surface area contributed by atoms with E-state index in [4.69, 9.17) is 0 Å². The van der Waals surface area contributed by atoms with Crippen LogP contribution in [0, 0.1) is 11.7 Å². The van der Waals surface area contributed by atoms with Crippen molar-refractivity contribution >= 4 is 17.5 Å². The number of fused-ring (bicyclic) bond motifs is 1. The third-order valence-electron chi connectivity index (χ3n) is 5.54. The van der Waals surface area contributed by atoms with Gasteiger partial charge in [-0.2, -0.15) is 0 Å². The van der Waals surface area contributed by atoms with Gasteiger partial charge in [-0.15, -0.1) is 0 Å². The Morgan fingerprint density at radius 3 is 2.59 bits per heavy atom. The number of rotatable bonds is 3. The van der Waals surface area contributed by atoms with Gasteiger partial charge in [0.25, 0.3) is 5.91 Å². The molecule has 1 fully saturated rings. The molecule has 0 unspecified atom stereocenters. The lowest BCUT2D eigenvalue weighted by atomic mass is 9.96. The average Bonchev–Trinajstić information content (AvgIpc) is 3.16. The Kier molecular flexibility index (Phi) is 4.92. The third-order valence-corrected chi connectivity index (χ3v) is 5.54. The van der Waals surface area contributed by atoms with Crippen LogP contribution >= 0.6 is 0 Å². The first-order valence-electron chi connectivity index (χ1n) is 9.57. The lowest BCUT2D eigenvalue weighted by Gasteiger charge is -2.32. The number of anilines is 1. The van der Waals surface area contributed by atoms with E-state index >= 15 is 0 Å². The fraction of sp³-hybridized carbons (Fsp3) is 0.364. The second kappa shape index (κ2) is 7.51. The smallest absolute Gasteiger partial charge is 0.253 e. The molecular formula is C22H23FN2O2. The second-order valence-corrected chi connectivity index (χ2v) is 7.42. The molecule has 140 valence electrons. The molecule has 0 bridgehead atoms. The van der Waals surface area contributed by atoms with E-state index in [1.165, 1.54) is 41.8 Å². The number of hydrogen-bond acceptors (Lipinski definition) is 2. The number of halogens is 1. The maximum Gasteiger partial charge on any atom is 0.253 e. The molecule has 2 aliphatic rings. The van der Waals surface area contributed by atoms with Crippen molar-refractivity contribution in [2.24, 2.45) is 5.92 Å². The van der Waals surface area contributed by atoms with Crippen molar-refractivity contribution in [3.05, 3.63) is 65.0 Å². The summed E-state index contributed by atoms with van der Waals surface area (Å²) in [5.74, 6) is -0.775. The fourth-order valence-electron chi connectivity index (χ4n) is 4.04. The van der Waals surface area contributed by atoms with Gasteiger partial charge < -0.3 is 10.2 Å². The number of nitrogens with zero attached hydrogens (tertiary/aromatic N) is 1. The molecule has 0 aromatic heterocycles. The van der Waals surface area contributed by atoms with Gasteiger partial charge in [0, 0.05) is 24.3 Å². The zero-order chi connectivity index (χ0) is 18.8.